The van der Waals surface area contributed by atoms with Crippen LogP contribution in [0.5, 0.6) is 0 Å². The lowest BCUT2D eigenvalue weighted by atomic mass is 10.1. The molecule has 0 radical (unpaired) electrons. The van der Waals surface area contributed by atoms with E-state index < -0.39 is 5.25 Å². The summed E-state index contributed by atoms with van der Waals surface area (Å²) in [6.07, 6.45) is 3.42. The van der Waals surface area contributed by atoms with Crippen LogP contribution in [0, 0.1) is 0 Å². The van der Waals surface area contributed by atoms with E-state index in [4.69, 9.17) is 0 Å². The van der Waals surface area contributed by atoms with Gasteiger partial charge in [-0.25, -0.2) is 0 Å². The van der Waals surface area contributed by atoms with Crippen molar-refractivity contribution in [1.29, 1.82) is 0 Å². The van der Waals surface area contributed by atoms with Gasteiger partial charge >= 0.3 is 0 Å². The van der Waals surface area contributed by atoms with Crippen molar-refractivity contribution in [3.8, 4) is 11.4 Å². The van der Waals surface area contributed by atoms with Crippen LogP contribution in [0.3, 0.4) is 0 Å². The molecule has 0 saturated carbocycles. The summed E-state index contributed by atoms with van der Waals surface area (Å²) < 4.78 is 1.97. The highest BCUT2D eigenvalue weighted by atomic mass is 32.2. The summed E-state index contributed by atoms with van der Waals surface area (Å²) in [5.41, 5.74) is 1.93. The zero-order valence-electron chi connectivity index (χ0n) is 15.9. The lowest BCUT2D eigenvalue weighted by Crippen LogP contribution is -2.24. The summed E-state index contributed by atoms with van der Waals surface area (Å²) in [6.45, 7) is 5.96. The molecule has 1 unspecified atom stereocenters. The maximum atomic E-state index is 12.7. The Morgan fingerprint density at radius 1 is 1.14 bits per heavy atom. The van der Waals surface area contributed by atoms with Crippen LogP contribution in [0.4, 0.5) is 5.69 Å². The van der Waals surface area contributed by atoms with E-state index in [2.05, 4.69) is 20.5 Å². The van der Waals surface area contributed by atoms with Gasteiger partial charge in [0.2, 0.25) is 5.91 Å². The molecule has 8 heteroatoms. The number of nitrogens with zero attached hydrogens (tertiary/aromatic N) is 4. The van der Waals surface area contributed by atoms with E-state index in [-0.39, 0.29) is 11.7 Å². The summed E-state index contributed by atoms with van der Waals surface area (Å²) in [7, 11) is 0. The van der Waals surface area contributed by atoms with Crippen molar-refractivity contribution in [2.75, 3.05) is 5.32 Å². The molecule has 1 aromatic carbocycles. The number of carbonyl (C=O) groups is 2. The fraction of sp³-hybridized carbons (Fsp3) is 0.250. The number of thioether (sulfide) groups is 1. The van der Waals surface area contributed by atoms with E-state index in [0.717, 1.165) is 11.4 Å². The summed E-state index contributed by atoms with van der Waals surface area (Å²) in [6, 6.07) is 10.7. The van der Waals surface area contributed by atoms with E-state index in [1.54, 1.807) is 43.6 Å². The van der Waals surface area contributed by atoms with E-state index >= 15 is 0 Å². The molecule has 0 fully saturated rings. The van der Waals surface area contributed by atoms with E-state index in [1.807, 2.05) is 23.6 Å². The van der Waals surface area contributed by atoms with Gasteiger partial charge in [0.05, 0.1) is 10.9 Å². The third kappa shape index (κ3) is 4.28. The summed E-state index contributed by atoms with van der Waals surface area (Å²) in [5, 5.41) is 11.6. The topological polar surface area (TPSA) is 89.8 Å². The normalized spacial score (nSPS) is 11.8. The molecule has 0 aliphatic carbocycles. The first kappa shape index (κ1) is 19.8. The molecule has 2 aromatic heterocycles. The van der Waals surface area contributed by atoms with Crippen LogP contribution in [0.25, 0.3) is 11.4 Å². The Labute approximate surface area is 167 Å². The molecule has 0 aliphatic rings. The molecule has 0 saturated heterocycles. The van der Waals surface area contributed by atoms with Gasteiger partial charge in [0.25, 0.3) is 0 Å². The highest BCUT2D eigenvalue weighted by Gasteiger charge is 2.21. The molecule has 2 heterocycles. The Morgan fingerprint density at radius 2 is 1.86 bits per heavy atom. The Balaban J connectivity index is 1.76. The number of rotatable bonds is 7. The van der Waals surface area contributed by atoms with Crippen molar-refractivity contribution in [2.24, 2.45) is 0 Å². The molecule has 3 rings (SSSR count). The van der Waals surface area contributed by atoms with Crippen LogP contribution in [-0.4, -0.2) is 36.7 Å². The number of benzene rings is 1. The molecule has 3 aromatic rings. The van der Waals surface area contributed by atoms with Gasteiger partial charge in [0.1, 0.15) is 0 Å². The first-order valence-corrected chi connectivity index (χ1v) is 9.80. The van der Waals surface area contributed by atoms with Crippen LogP contribution < -0.4 is 5.32 Å². The van der Waals surface area contributed by atoms with E-state index in [9.17, 15) is 9.59 Å². The molecular formula is C20H21N5O2S. The number of hydrogen-bond acceptors (Lipinski definition) is 6. The molecule has 0 spiro atoms. The molecular weight excluding hydrogens is 374 g/mol. The predicted octanol–water partition coefficient (Wildman–Crippen LogP) is 3.68. The first-order valence-electron chi connectivity index (χ1n) is 8.92. The van der Waals surface area contributed by atoms with Gasteiger partial charge in [-0.05, 0) is 45.0 Å². The smallest absolute Gasteiger partial charge is 0.237 e. The third-order valence-corrected chi connectivity index (χ3v) is 5.27. The quantitative estimate of drug-likeness (QED) is 0.485. The highest BCUT2D eigenvalue weighted by Crippen LogP contribution is 2.27. The number of anilines is 1. The van der Waals surface area contributed by atoms with Gasteiger partial charge in [-0.15, -0.1) is 10.2 Å². The molecule has 0 aliphatic heterocycles. The fourth-order valence-electron chi connectivity index (χ4n) is 2.72. The molecule has 28 heavy (non-hydrogen) atoms. The number of carbonyl (C=O) groups excluding carboxylic acids is 2. The highest BCUT2D eigenvalue weighted by molar-refractivity contribution is 8.00. The van der Waals surface area contributed by atoms with Crippen molar-refractivity contribution in [3.63, 3.8) is 0 Å². The fourth-order valence-corrected chi connectivity index (χ4v) is 3.63. The monoisotopic (exact) mass is 395 g/mol. The van der Waals surface area contributed by atoms with Crippen LogP contribution in [-0.2, 0) is 11.3 Å². The second-order valence-electron chi connectivity index (χ2n) is 6.14. The molecule has 0 bridgehead atoms. The van der Waals surface area contributed by atoms with Gasteiger partial charge in [-0.1, -0.05) is 23.9 Å². The zero-order chi connectivity index (χ0) is 20.1. The number of hydrogen-bond donors (Lipinski definition) is 1. The second-order valence-corrected chi connectivity index (χ2v) is 7.45. The lowest BCUT2D eigenvalue weighted by molar-refractivity contribution is -0.115. The van der Waals surface area contributed by atoms with Crippen molar-refractivity contribution >= 4 is 29.1 Å². The van der Waals surface area contributed by atoms with Crippen molar-refractivity contribution in [1.82, 2.24) is 19.7 Å². The molecule has 1 amide bonds. The van der Waals surface area contributed by atoms with E-state index in [1.165, 1.54) is 18.7 Å². The lowest BCUT2D eigenvalue weighted by Gasteiger charge is -2.14. The first-order chi connectivity index (χ1) is 13.5. The minimum absolute atomic E-state index is 0.0936. The van der Waals surface area contributed by atoms with E-state index in [0.29, 0.717) is 23.0 Å². The van der Waals surface area contributed by atoms with Crippen LogP contribution >= 0.6 is 11.8 Å². The summed E-state index contributed by atoms with van der Waals surface area (Å²) in [5.74, 6) is 0.445. The average Bonchev–Trinajstić information content (AvgIpc) is 3.11. The number of para-hydroxylation sites is 1. The van der Waals surface area contributed by atoms with Crippen LogP contribution in [0.2, 0.25) is 0 Å². The molecule has 144 valence electrons. The third-order valence-electron chi connectivity index (χ3n) is 4.19. The Bertz CT molecular complexity index is 987. The number of Topliss-reactive ketones (excluding diaryl/α,β-unsaturated/α-hetero) is 1. The largest absolute Gasteiger partial charge is 0.324 e. The Kier molecular flexibility index (Phi) is 6.20. The minimum atomic E-state index is -0.417. The maximum absolute atomic E-state index is 12.7. The summed E-state index contributed by atoms with van der Waals surface area (Å²) >= 11 is 1.33. The number of aromatic nitrogens is 4. The van der Waals surface area contributed by atoms with Gasteiger partial charge in [-0.3, -0.25) is 14.6 Å². The van der Waals surface area contributed by atoms with Crippen LogP contribution in [0.15, 0.2) is 53.9 Å². The van der Waals surface area contributed by atoms with Crippen molar-refractivity contribution < 1.29 is 9.59 Å². The van der Waals surface area contributed by atoms with Gasteiger partial charge in [0, 0.05) is 30.1 Å². The zero-order valence-corrected chi connectivity index (χ0v) is 16.7. The standard InChI is InChI=1S/C20H21N5O2S/c1-4-25-18(15-9-11-21-12-10-15)23-24-20(25)28-14(3)19(27)22-17-8-6-5-7-16(17)13(2)26/h5-12,14H,4H2,1-3H3,(H,22,27). The van der Waals surface area contributed by atoms with Gasteiger partial charge in [-0.2, -0.15) is 0 Å². The second kappa shape index (κ2) is 8.79. The number of amides is 1. The van der Waals surface area contributed by atoms with Crippen LogP contribution in [0.1, 0.15) is 31.1 Å². The number of nitrogens with one attached hydrogen (secondary N) is 1. The maximum Gasteiger partial charge on any atom is 0.237 e. The minimum Gasteiger partial charge on any atom is -0.324 e. The molecule has 1 atom stereocenters. The number of pyridine rings is 1. The number of ketones is 1. The molecule has 7 nitrogen and oxygen atoms in total. The SMILES string of the molecule is CCn1c(SC(C)C(=O)Nc2ccccc2C(C)=O)nnc1-c1ccncc1. The molecule has 1 N–H and O–H groups in total. The van der Waals surface area contributed by atoms with Gasteiger partial charge in [0.15, 0.2) is 16.8 Å². The Morgan fingerprint density at radius 3 is 2.54 bits per heavy atom. The van der Waals surface area contributed by atoms with Crippen molar-refractivity contribution in [3.05, 3.63) is 54.4 Å². The van der Waals surface area contributed by atoms with Gasteiger partial charge < -0.3 is 9.88 Å². The average molecular weight is 395 g/mol. The van der Waals surface area contributed by atoms with Crippen molar-refractivity contribution in [2.45, 2.75) is 37.7 Å². The summed E-state index contributed by atoms with van der Waals surface area (Å²) in [4.78, 5) is 28.4. The Hall–Kier alpha value is -3.00. The predicted molar refractivity (Wildman–Crippen MR) is 109 cm³/mol.